The van der Waals surface area contributed by atoms with Crippen LogP contribution in [0, 0.1) is 6.92 Å². The number of rotatable bonds is 7. The smallest absolute Gasteiger partial charge is 0.344 e. The van der Waals surface area contributed by atoms with Crippen LogP contribution in [0.3, 0.4) is 0 Å². The molecule has 1 N–H and O–H groups in total. The van der Waals surface area contributed by atoms with E-state index in [2.05, 4.69) is 15.4 Å². The summed E-state index contributed by atoms with van der Waals surface area (Å²) in [6.45, 7) is 1.60. The standard InChI is InChI=1S/C28H27F4N5O/c1-17-6-2-3-7-20(17)22-12-13-33-27(35-22)23(15-18-10-11-19(29)14-18)34-25(38)16-37-24-9-5-4-8-21(24)26(36-37)28(30,31)32/h2-3,6-7,11-14,23H,4-5,8-10,15-16H2,1H3,(H,34,38). The Labute approximate surface area is 217 Å². The average molecular weight is 526 g/mol. The second-order valence-corrected chi connectivity index (χ2v) is 9.67. The second-order valence-electron chi connectivity index (χ2n) is 9.67. The minimum Gasteiger partial charge on any atom is -0.344 e. The molecule has 2 aromatic heterocycles. The number of nitrogens with one attached hydrogen (secondary N) is 1. The molecule has 2 heterocycles. The lowest BCUT2D eigenvalue weighted by molar-refractivity contribution is -0.142. The zero-order valence-corrected chi connectivity index (χ0v) is 20.9. The van der Waals surface area contributed by atoms with E-state index in [9.17, 15) is 22.4 Å². The number of allylic oxidation sites excluding steroid dienone is 3. The lowest BCUT2D eigenvalue weighted by Crippen LogP contribution is -2.33. The molecule has 0 fully saturated rings. The van der Waals surface area contributed by atoms with E-state index >= 15 is 0 Å². The lowest BCUT2D eigenvalue weighted by atomic mass is 9.95. The summed E-state index contributed by atoms with van der Waals surface area (Å²) in [7, 11) is 0. The number of carbonyl (C=O) groups excluding carboxylic acids is 1. The number of nitrogens with zero attached hydrogens (tertiary/aromatic N) is 4. The van der Waals surface area contributed by atoms with Crippen LogP contribution in [0.4, 0.5) is 17.6 Å². The average Bonchev–Trinajstić information content (AvgIpc) is 3.47. The summed E-state index contributed by atoms with van der Waals surface area (Å²) in [5.74, 6) is -0.523. The Hall–Kier alpha value is -3.82. The molecule has 2 aliphatic carbocycles. The van der Waals surface area contributed by atoms with Crippen LogP contribution >= 0.6 is 0 Å². The van der Waals surface area contributed by atoms with Gasteiger partial charge in [-0.15, -0.1) is 0 Å². The van der Waals surface area contributed by atoms with Crippen molar-refractivity contribution < 1.29 is 22.4 Å². The van der Waals surface area contributed by atoms with Crippen LogP contribution in [0.2, 0.25) is 0 Å². The van der Waals surface area contributed by atoms with Crippen LogP contribution in [0.15, 0.2) is 60.1 Å². The Morgan fingerprint density at radius 2 is 1.95 bits per heavy atom. The van der Waals surface area contributed by atoms with Gasteiger partial charge in [0.05, 0.1) is 11.7 Å². The summed E-state index contributed by atoms with van der Waals surface area (Å²) < 4.78 is 55.7. The molecule has 10 heteroatoms. The zero-order chi connectivity index (χ0) is 26.9. The maximum absolute atomic E-state index is 13.7. The first-order valence-corrected chi connectivity index (χ1v) is 12.6. The van der Waals surface area contributed by atoms with Gasteiger partial charge in [0.25, 0.3) is 0 Å². The molecular weight excluding hydrogens is 498 g/mol. The van der Waals surface area contributed by atoms with Crippen molar-refractivity contribution in [3.8, 4) is 11.3 Å². The molecule has 0 aliphatic heterocycles. The van der Waals surface area contributed by atoms with Crippen molar-refractivity contribution in [2.24, 2.45) is 0 Å². The summed E-state index contributed by atoms with van der Waals surface area (Å²) in [6.07, 6.45) is 2.69. The largest absolute Gasteiger partial charge is 0.435 e. The first-order chi connectivity index (χ1) is 18.2. The number of carbonyl (C=O) groups is 1. The van der Waals surface area contributed by atoms with Gasteiger partial charge in [-0.3, -0.25) is 9.48 Å². The third-order valence-corrected chi connectivity index (χ3v) is 6.93. The van der Waals surface area contributed by atoms with E-state index in [4.69, 9.17) is 4.98 Å². The first-order valence-electron chi connectivity index (χ1n) is 12.6. The van der Waals surface area contributed by atoms with Crippen molar-refractivity contribution in [3.05, 3.63) is 88.4 Å². The summed E-state index contributed by atoms with van der Waals surface area (Å²) in [6, 6.07) is 8.80. The van der Waals surface area contributed by atoms with Gasteiger partial charge in [-0.2, -0.15) is 18.3 Å². The molecule has 1 atom stereocenters. The molecule has 38 heavy (non-hydrogen) atoms. The van der Waals surface area contributed by atoms with E-state index in [0.717, 1.165) is 23.1 Å². The predicted molar refractivity (Wildman–Crippen MR) is 133 cm³/mol. The minimum absolute atomic E-state index is 0.181. The Morgan fingerprint density at radius 1 is 1.16 bits per heavy atom. The maximum Gasteiger partial charge on any atom is 0.435 e. The molecule has 0 spiro atoms. The van der Waals surface area contributed by atoms with Crippen molar-refractivity contribution in [1.82, 2.24) is 25.1 Å². The fourth-order valence-electron chi connectivity index (χ4n) is 5.11. The van der Waals surface area contributed by atoms with E-state index in [1.807, 2.05) is 31.2 Å². The van der Waals surface area contributed by atoms with Gasteiger partial charge in [0.1, 0.15) is 12.4 Å². The SMILES string of the molecule is Cc1ccccc1-c1ccnc(C(CC2=CC(F)=CC2)NC(=O)Cn2nc(C(F)(F)F)c3c2CCCC3)n1. The molecule has 6 nitrogen and oxygen atoms in total. The second kappa shape index (κ2) is 10.5. The molecule has 0 saturated heterocycles. The van der Waals surface area contributed by atoms with Crippen LogP contribution < -0.4 is 5.32 Å². The Bertz CT molecular complexity index is 1420. The van der Waals surface area contributed by atoms with Crippen molar-refractivity contribution in [3.63, 3.8) is 0 Å². The third-order valence-electron chi connectivity index (χ3n) is 6.93. The summed E-state index contributed by atoms with van der Waals surface area (Å²) in [5, 5.41) is 6.67. The van der Waals surface area contributed by atoms with Crippen LogP contribution in [-0.2, 0) is 30.4 Å². The lowest BCUT2D eigenvalue weighted by Gasteiger charge is -2.20. The molecule has 1 unspecified atom stereocenters. The molecule has 3 aromatic rings. The monoisotopic (exact) mass is 525 g/mol. The summed E-state index contributed by atoms with van der Waals surface area (Å²) in [5.41, 5.74) is 3.09. The number of hydrogen-bond donors (Lipinski definition) is 1. The van der Waals surface area contributed by atoms with Gasteiger partial charge in [0.15, 0.2) is 11.5 Å². The van der Waals surface area contributed by atoms with E-state index < -0.39 is 23.8 Å². The topological polar surface area (TPSA) is 72.7 Å². The predicted octanol–water partition coefficient (Wildman–Crippen LogP) is 5.98. The number of benzene rings is 1. The Balaban J connectivity index is 1.42. The number of hydrogen-bond acceptors (Lipinski definition) is 4. The molecule has 198 valence electrons. The molecule has 0 bridgehead atoms. The van der Waals surface area contributed by atoms with Gasteiger partial charge in [0, 0.05) is 23.0 Å². The molecule has 1 amide bonds. The number of fused-ring (bicyclic) bond motifs is 1. The fourth-order valence-corrected chi connectivity index (χ4v) is 5.11. The third kappa shape index (κ3) is 5.54. The highest BCUT2D eigenvalue weighted by Crippen LogP contribution is 2.36. The molecule has 2 aliphatic rings. The highest BCUT2D eigenvalue weighted by atomic mass is 19.4. The van der Waals surface area contributed by atoms with Crippen molar-refractivity contribution in [2.45, 2.75) is 64.2 Å². The van der Waals surface area contributed by atoms with Gasteiger partial charge >= 0.3 is 6.18 Å². The summed E-state index contributed by atoms with van der Waals surface area (Å²) in [4.78, 5) is 22.3. The molecule has 0 radical (unpaired) electrons. The van der Waals surface area contributed by atoms with Crippen molar-refractivity contribution in [2.75, 3.05) is 0 Å². The van der Waals surface area contributed by atoms with Gasteiger partial charge in [0.2, 0.25) is 5.91 Å². The van der Waals surface area contributed by atoms with Gasteiger partial charge in [-0.25, -0.2) is 14.4 Å². The summed E-state index contributed by atoms with van der Waals surface area (Å²) >= 11 is 0. The number of amides is 1. The van der Waals surface area contributed by atoms with E-state index in [1.54, 1.807) is 12.3 Å². The fraction of sp³-hybridized carbons (Fsp3) is 0.357. The normalized spacial score (nSPS) is 16.0. The van der Waals surface area contributed by atoms with Gasteiger partial charge in [-0.05, 0) is 69.2 Å². The highest BCUT2D eigenvalue weighted by molar-refractivity contribution is 5.76. The zero-order valence-electron chi connectivity index (χ0n) is 20.9. The van der Waals surface area contributed by atoms with Crippen LogP contribution in [0.5, 0.6) is 0 Å². The minimum atomic E-state index is -4.58. The number of aromatic nitrogens is 4. The number of alkyl halides is 3. The number of halogens is 4. The first kappa shape index (κ1) is 25.8. The molecule has 0 saturated carbocycles. The number of aryl methyl sites for hydroxylation is 1. The van der Waals surface area contributed by atoms with Gasteiger partial charge < -0.3 is 5.32 Å². The Morgan fingerprint density at radius 3 is 2.68 bits per heavy atom. The van der Waals surface area contributed by atoms with E-state index in [1.165, 1.54) is 16.8 Å². The van der Waals surface area contributed by atoms with Crippen molar-refractivity contribution >= 4 is 5.91 Å². The van der Waals surface area contributed by atoms with Crippen LogP contribution in [0.25, 0.3) is 11.3 Å². The quantitative estimate of drug-likeness (QED) is 0.386. The maximum atomic E-state index is 13.7. The Kier molecular flexibility index (Phi) is 7.14. The highest BCUT2D eigenvalue weighted by Gasteiger charge is 2.39. The van der Waals surface area contributed by atoms with Crippen LogP contribution in [0.1, 0.15) is 60.1 Å². The van der Waals surface area contributed by atoms with Crippen molar-refractivity contribution in [1.29, 1.82) is 0 Å². The van der Waals surface area contributed by atoms with E-state index in [-0.39, 0.29) is 24.4 Å². The molecule has 1 aromatic carbocycles. The molecular formula is C28H27F4N5O. The van der Waals surface area contributed by atoms with E-state index in [0.29, 0.717) is 42.9 Å². The van der Waals surface area contributed by atoms with Crippen LogP contribution in [-0.4, -0.2) is 25.7 Å². The molecule has 5 rings (SSSR count). The van der Waals surface area contributed by atoms with Gasteiger partial charge in [-0.1, -0.05) is 29.8 Å².